The van der Waals surface area contributed by atoms with Gasteiger partial charge >= 0.3 is 5.97 Å². The predicted molar refractivity (Wildman–Crippen MR) is 70.1 cm³/mol. The van der Waals surface area contributed by atoms with Crippen molar-refractivity contribution in [3.8, 4) is 0 Å². The molecule has 0 amide bonds. The van der Waals surface area contributed by atoms with E-state index in [1.54, 1.807) is 7.11 Å². The van der Waals surface area contributed by atoms with E-state index in [9.17, 15) is 4.79 Å². The number of nitrogens with one attached hydrogen (secondary N) is 1. The van der Waals surface area contributed by atoms with Crippen LogP contribution in [0.2, 0.25) is 0 Å². The minimum atomic E-state index is -0.352. The van der Waals surface area contributed by atoms with E-state index in [-0.39, 0.29) is 17.9 Å². The summed E-state index contributed by atoms with van der Waals surface area (Å²) in [5.74, 6) is -0.193. The standard InChI is InChI=1S/C14H21NO3/c1-11(10-17-2)13(14(16)18-3)15-9-12-7-5-4-6-8-12/h4-8,11,13,15H,9-10H2,1-3H3. The molecule has 2 unspecified atom stereocenters. The minimum absolute atomic E-state index is 0.0613. The van der Waals surface area contributed by atoms with Crippen molar-refractivity contribution in [2.24, 2.45) is 5.92 Å². The average Bonchev–Trinajstić information content (AvgIpc) is 2.40. The molecule has 1 aromatic rings. The fourth-order valence-corrected chi connectivity index (χ4v) is 1.83. The second-order valence-corrected chi connectivity index (χ2v) is 4.30. The van der Waals surface area contributed by atoms with Crippen LogP contribution in [-0.2, 0) is 20.8 Å². The quantitative estimate of drug-likeness (QED) is 0.748. The van der Waals surface area contributed by atoms with Gasteiger partial charge in [0.25, 0.3) is 0 Å². The lowest BCUT2D eigenvalue weighted by molar-refractivity contribution is -0.145. The third-order valence-corrected chi connectivity index (χ3v) is 2.82. The van der Waals surface area contributed by atoms with Crippen LogP contribution in [-0.4, -0.2) is 32.8 Å². The van der Waals surface area contributed by atoms with Crippen LogP contribution in [0, 0.1) is 5.92 Å². The SMILES string of the molecule is COCC(C)C(NCc1ccccc1)C(=O)OC. The van der Waals surface area contributed by atoms with Crippen LogP contribution in [0.5, 0.6) is 0 Å². The average molecular weight is 251 g/mol. The molecule has 1 rings (SSSR count). The lowest BCUT2D eigenvalue weighted by atomic mass is 10.0. The molecule has 0 aliphatic carbocycles. The van der Waals surface area contributed by atoms with Gasteiger partial charge in [0.15, 0.2) is 0 Å². The molecule has 1 aromatic carbocycles. The summed E-state index contributed by atoms with van der Waals surface area (Å²) in [7, 11) is 3.03. The maximum atomic E-state index is 11.7. The molecule has 100 valence electrons. The van der Waals surface area contributed by atoms with Crippen LogP contribution in [0.1, 0.15) is 12.5 Å². The van der Waals surface area contributed by atoms with Gasteiger partial charge in [-0.2, -0.15) is 0 Å². The highest BCUT2D eigenvalue weighted by Crippen LogP contribution is 2.07. The Labute approximate surface area is 108 Å². The van der Waals surface area contributed by atoms with Crippen molar-refractivity contribution in [3.05, 3.63) is 35.9 Å². The third-order valence-electron chi connectivity index (χ3n) is 2.82. The Balaban J connectivity index is 2.59. The number of rotatable bonds is 7. The maximum Gasteiger partial charge on any atom is 0.323 e. The van der Waals surface area contributed by atoms with Crippen molar-refractivity contribution >= 4 is 5.97 Å². The van der Waals surface area contributed by atoms with E-state index in [4.69, 9.17) is 9.47 Å². The molecule has 2 atom stereocenters. The topological polar surface area (TPSA) is 47.6 Å². The van der Waals surface area contributed by atoms with Crippen molar-refractivity contribution in [2.75, 3.05) is 20.8 Å². The van der Waals surface area contributed by atoms with E-state index < -0.39 is 0 Å². The number of carbonyl (C=O) groups is 1. The number of ether oxygens (including phenoxy) is 2. The molecule has 0 radical (unpaired) electrons. The molecule has 0 spiro atoms. The molecule has 0 saturated heterocycles. The smallest absolute Gasteiger partial charge is 0.323 e. The van der Waals surface area contributed by atoms with Gasteiger partial charge in [0.2, 0.25) is 0 Å². The molecule has 0 aliphatic heterocycles. The summed E-state index contributed by atoms with van der Waals surface area (Å²) in [5, 5.41) is 3.22. The molecule has 0 fully saturated rings. The van der Waals surface area contributed by atoms with Gasteiger partial charge in [-0.1, -0.05) is 37.3 Å². The predicted octanol–water partition coefficient (Wildman–Crippen LogP) is 1.60. The number of esters is 1. The normalized spacial score (nSPS) is 13.9. The number of methoxy groups -OCH3 is 2. The first kappa shape index (κ1) is 14.7. The minimum Gasteiger partial charge on any atom is -0.468 e. The maximum absolute atomic E-state index is 11.7. The third kappa shape index (κ3) is 4.47. The first-order valence-electron chi connectivity index (χ1n) is 6.03. The first-order valence-corrected chi connectivity index (χ1v) is 6.03. The highest BCUT2D eigenvalue weighted by atomic mass is 16.5. The van der Waals surface area contributed by atoms with E-state index >= 15 is 0 Å². The first-order chi connectivity index (χ1) is 8.69. The fraction of sp³-hybridized carbons (Fsp3) is 0.500. The van der Waals surface area contributed by atoms with Crippen LogP contribution in [0.4, 0.5) is 0 Å². The highest BCUT2D eigenvalue weighted by Gasteiger charge is 2.25. The van der Waals surface area contributed by atoms with Crippen molar-refractivity contribution < 1.29 is 14.3 Å². The Morgan fingerprint density at radius 1 is 1.28 bits per heavy atom. The fourth-order valence-electron chi connectivity index (χ4n) is 1.83. The van der Waals surface area contributed by atoms with E-state index in [0.717, 1.165) is 5.56 Å². The van der Waals surface area contributed by atoms with Gasteiger partial charge in [-0.3, -0.25) is 10.1 Å². The Hall–Kier alpha value is -1.39. The Morgan fingerprint density at radius 2 is 1.94 bits per heavy atom. The molecule has 1 N–H and O–H groups in total. The Bertz CT molecular complexity index is 353. The van der Waals surface area contributed by atoms with Crippen molar-refractivity contribution in [1.29, 1.82) is 0 Å². The molecule has 4 nitrogen and oxygen atoms in total. The van der Waals surface area contributed by atoms with Crippen LogP contribution in [0.25, 0.3) is 0 Å². The van der Waals surface area contributed by atoms with Gasteiger partial charge in [-0.05, 0) is 5.56 Å². The van der Waals surface area contributed by atoms with Gasteiger partial charge in [0, 0.05) is 19.6 Å². The Morgan fingerprint density at radius 3 is 2.50 bits per heavy atom. The summed E-state index contributed by atoms with van der Waals surface area (Å²) in [5.41, 5.74) is 1.14. The van der Waals surface area contributed by atoms with Gasteiger partial charge in [-0.25, -0.2) is 0 Å². The van der Waals surface area contributed by atoms with Gasteiger partial charge in [0.05, 0.1) is 13.7 Å². The van der Waals surface area contributed by atoms with Crippen LogP contribution >= 0.6 is 0 Å². The second-order valence-electron chi connectivity index (χ2n) is 4.30. The molecule has 0 bridgehead atoms. The number of hydrogen-bond donors (Lipinski definition) is 1. The van der Waals surface area contributed by atoms with Crippen LogP contribution < -0.4 is 5.32 Å². The molecule has 4 heteroatoms. The largest absolute Gasteiger partial charge is 0.468 e. The van der Waals surface area contributed by atoms with Gasteiger partial charge < -0.3 is 9.47 Å². The van der Waals surface area contributed by atoms with Crippen molar-refractivity contribution in [1.82, 2.24) is 5.32 Å². The lowest BCUT2D eigenvalue weighted by Gasteiger charge is -2.22. The molecular weight excluding hydrogens is 230 g/mol. The van der Waals surface area contributed by atoms with Crippen LogP contribution in [0.3, 0.4) is 0 Å². The van der Waals surface area contributed by atoms with E-state index in [0.29, 0.717) is 13.2 Å². The van der Waals surface area contributed by atoms with Gasteiger partial charge in [-0.15, -0.1) is 0 Å². The summed E-state index contributed by atoms with van der Waals surface area (Å²) in [4.78, 5) is 11.7. The number of hydrogen-bond acceptors (Lipinski definition) is 4. The highest BCUT2D eigenvalue weighted by molar-refractivity contribution is 5.76. The monoisotopic (exact) mass is 251 g/mol. The summed E-state index contributed by atoms with van der Waals surface area (Å²) in [6.07, 6.45) is 0. The number of benzene rings is 1. The molecule has 0 aromatic heterocycles. The van der Waals surface area contributed by atoms with Gasteiger partial charge in [0.1, 0.15) is 6.04 Å². The zero-order valence-electron chi connectivity index (χ0n) is 11.2. The van der Waals surface area contributed by atoms with Crippen molar-refractivity contribution in [3.63, 3.8) is 0 Å². The molecule has 0 heterocycles. The lowest BCUT2D eigenvalue weighted by Crippen LogP contribution is -2.43. The van der Waals surface area contributed by atoms with E-state index in [2.05, 4.69) is 5.32 Å². The summed E-state index contributed by atoms with van der Waals surface area (Å²) >= 11 is 0. The zero-order chi connectivity index (χ0) is 13.4. The van der Waals surface area contributed by atoms with E-state index in [1.807, 2.05) is 37.3 Å². The van der Waals surface area contributed by atoms with E-state index in [1.165, 1.54) is 7.11 Å². The van der Waals surface area contributed by atoms with Crippen molar-refractivity contribution in [2.45, 2.75) is 19.5 Å². The summed E-state index contributed by atoms with van der Waals surface area (Å²) in [6, 6.07) is 9.60. The molecule has 18 heavy (non-hydrogen) atoms. The summed E-state index contributed by atoms with van der Waals surface area (Å²) < 4.78 is 9.89. The summed E-state index contributed by atoms with van der Waals surface area (Å²) in [6.45, 7) is 3.11. The molecule has 0 aliphatic rings. The zero-order valence-corrected chi connectivity index (χ0v) is 11.2. The number of carbonyl (C=O) groups excluding carboxylic acids is 1. The molecule has 0 saturated carbocycles. The van der Waals surface area contributed by atoms with Crippen LogP contribution in [0.15, 0.2) is 30.3 Å². The second kappa shape index (κ2) is 7.84. The Kier molecular flexibility index (Phi) is 6.39. The molecular formula is C14H21NO3.